The lowest BCUT2D eigenvalue weighted by molar-refractivity contribution is -0.123. The van der Waals surface area contributed by atoms with E-state index in [1.54, 1.807) is 18.2 Å². The predicted octanol–water partition coefficient (Wildman–Crippen LogP) is 3.42. The van der Waals surface area contributed by atoms with Gasteiger partial charge in [0.2, 0.25) is 11.8 Å². The van der Waals surface area contributed by atoms with E-state index in [0.29, 0.717) is 18.7 Å². The van der Waals surface area contributed by atoms with Crippen LogP contribution >= 0.6 is 11.8 Å². The van der Waals surface area contributed by atoms with Gasteiger partial charge in [0.25, 0.3) is 0 Å². The molecule has 1 aliphatic heterocycles. The molecule has 1 fully saturated rings. The van der Waals surface area contributed by atoms with E-state index in [2.05, 4.69) is 15.5 Å². The molecule has 1 aromatic rings. The number of alkyl halides is 3. The third-order valence-corrected chi connectivity index (χ3v) is 5.15. The number of nitrogens with one attached hydrogen (secondary N) is 2. The quantitative estimate of drug-likeness (QED) is 0.491. The summed E-state index contributed by atoms with van der Waals surface area (Å²) in [5.41, 5.74) is -3.66. The van der Waals surface area contributed by atoms with Gasteiger partial charge in [-0.05, 0) is 54.8 Å². The molecule has 2 rings (SSSR count). The first-order valence-electron chi connectivity index (χ1n) is 9.58. The summed E-state index contributed by atoms with van der Waals surface area (Å²) in [5.74, 6) is -0.213. The summed E-state index contributed by atoms with van der Waals surface area (Å²) in [5, 5.41) is 5.79. The molecule has 1 aliphatic rings. The highest BCUT2D eigenvalue weighted by Crippen LogP contribution is 2.36. The number of hydrogen-bond acceptors (Lipinski definition) is 4. The van der Waals surface area contributed by atoms with E-state index in [0.717, 1.165) is 32.4 Å². The molecular formula is C20H26F3N3O2S. The molecule has 0 spiro atoms. The van der Waals surface area contributed by atoms with Gasteiger partial charge < -0.3 is 10.6 Å². The topological polar surface area (TPSA) is 61.4 Å². The molecule has 1 saturated heterocycles. The first-order valence-corrected chi connectivity index (χ1v) is 10.4. The molecule has 1 heterocycles. The van der Waals surface area contributed by atoms with Crippen LogP contribution < -0.4 is 10.6 Å². The Morgan fingerprint density at radius 3 is 2.45 bits per heavy atom. The SMILES string of the molecule is CCCNC(=O)CN1CCC(NC(=O)/C=C/c2ccc(SC(F)(F)F)cc2)CC1. The van der Waals surface area contributed by atoms with E-state index in [4.69, 9.17) is 0 Å². The van der Waals surface area contributed by atoms with Crippen LogP contribution in [0.2, 0.25) is 0 Å². The predicted molar refractivity (Wildman–Crippen MR) is 108 cm³/mol. The molecule has 160 valence electrons. The largest absolute Gasteiger partial charge is 0.446 e. The van der Waals surface area contributed by atoms with Crippen LogP contribution in [0, 0.1) is 0 Å². The second-order valence-corrected chi connectivity index (χ2v) is 8.00. The highest BCUT2D eigenvalue weighted by Gasteiger charge is 2.29. The third-order valence-electron chi connectivity index (χ3n) is 4.41. The van der Waals surface area contributed by atoms with Crippen LogP contribution in [-0.4, -0.2) is 54.4 Å². The van der Waals surface area contributed by atoms with E-state index in [9.17, 15) is 22.8 Å². The van der Waals surface area contributed by atoms with Crippen LogP contribution in [-0.2, 0) is 9.59 Å². The van der Waals surface area contributed by atoms with Gasteiger partial charge in [-0.3, -0.25) is 14.5 Å². The zero-order valence-electron chi connectivity index (χ0n) is 16.3. The number of hydrogen-bond donors (Lipinski definition) is 2. The van der Waals surface area contributed by atoms with Gasteiger partial charge in [-0.15, -0.1) is 0 Å². The summed E-state index contributed by atoms with van der Waals surface area (Å²) in [6, 6.07) is 5.89. The molecule has 0 atom stereocenters. The van der Waals surface area contributed by atoms with Crippen LogP contribution in [0.5, 0.6) is 0 Å². The molecule has 0 aromatic heterocycles. The second-order valence-electron chi connectivity index (χ2n) is 6.86. The van der Waals surface area contributed by atoms with Gasteiger partial charge in [0, 0.05) is 36.6 Å². The fraction of sp³-hybridized carbons (Fsp3) is 0.500. The number of thioether (sulfide) groups is 1. The maximum atomic E-state index is 12.3. The summed E-state index contributed by atoms with van der Waals surface area (Å²) in [6.45, 7) is 4.55. The Morgan fingerprint density at radius 2 is 1.86 bits per heavy atom. The number of carbonyl (C=O) groups excluding carboxylic acids is 2. The third kappa shape index (κ3) is 9.36. The molecule has 0 radical (unpaired) electrons. The van der Waals surface area contributed by atoms with Crippen molar-refractivity contribution in [3.05, 3.63) is 35.9 Å². The number of halogens is 3. The molecule has 0 unspecified atom stereocenters. The van der Waals surface area contributed by atoms with E-state index >= 15 is 0 Å². The van der Waals surface area contributed by atoms with E-state index in [-0.39, 0.29) is 34.5 Å². The molecule has 0 aliphatic carbocycles. The summed E-state index contributed by atoms with van der Waals surface area (Å²) < 4.78 is 37.0. The van der Waals surface area contributed by atoms with E-state index in [1.165, 1.54) is 18.2 Å². The van der Waals surface area contributed by atoms with Gasteiger partial charge in [-0.1, -0.05) is 19.1 Å². The Labute approximate surface area is 173 Å². The lowest BCUT2D eigenvalue weighted by Crippen LogP contribution is -2.47. The number of carbonyl (C=O) groups is 2. The molecular weight excluding hydrogens is 403 g/mol. The summed E-state index contributed by atoms with van der Waals surface area (Å²) >= 11 is -0.168. The standard InChI is InChI=1S/C20H26F3N3O2S/c1-2-11-24-19(28)14-26-12-9-16(10-13-26)25-18(27)8-5-15-3-6-17(7-4-15)29-20(21,22)23/h3-8,16H,2,9-14H2,1H3,(H,24,28)(H,25,27)/b8-5+. The van der Waals surface area contributed by atoms with Gasteiger partial charge in [-0.25, -0.2) is 0 Å². The highest BCUT2D eigenvalue weighted by molar-refractivity contribution is 8.00. The van der Waals surface area contributed by atoms with Gasteiger partial charge in [0.15, 0.2) is 0 Å². The molecule has 9 heteroatoms. The first-order chi connectivity index (χ1) is 13.7. The Bertz CT molecular complexity index is 700. The minimum Gasteiger partial charge on any atom is -0.355 e. The van der Waals surface area contributed by atoms with Crippen LogP contribution in [0.15, 0.2) is 35.2 Å². The molecule has 2 N–H and O–H groups in total. The molecule has 1 aromatic carbocycles. The summed E-state index contributed by atoms with van der Waals surface area (Å²) in [6.07, 6.45) is 5.40. The van der Waals surface area contributed by atoms with Crippen molar-refractivity contribution in [1.82, 2.24) is 15.5 Å². The minimum absolute atomic E-state index is 0.0249. The maximum Gasteiger partial charge on any atom is 0.446 e. The van der Waals surface area contributed by atoms with Crippen molar-refractivity contribution in [2.24, 2.45) is 0 Å². The fourth-order valence-electron chi connectivity index (χ4n) is 2.96. The lowest BCUT2D eigenvalue weighted by Gasteiger charge is -2.31. The number of rotatable bonds is 8. The molecule has 29 heavy (non-hydrogen) atoms. The average Bonchev–Trinajstić information content (AvgIpc) is 2.66. The zero-order chi connectivity index (χ0) is 21.3. The smallest absolute Gasteiger partial charge is 0.355 e. The van der Waals surface area contributed by atoms with Crippen molar-refractivity contribution in [2.45, 2.75) is 42.6 Å². The van der Waals surface area contributed by atoms with Gasteiger partial charge in [0.05, 0.1) is 6.54 Å². The molecule has 0 saturated carbocycles. The monoisotopic (exact) mass is 429 g/mol. The van der Waals surface area contributed by atoms with E-state index in [1.807, 2.05) is 6.92 Å². The van der Waals surface area contributed by atoms with Crippen molar-refractivity contribution < 1.29 is 22.8 Å². The second kappa shape index (κ2) is 11.3. The molecule has 0 bridgehead atoms. The molecule has 5 nitrogen and oxygen atoms in total. The van der Waals surface area contributed by atoms with Gasteiger partial charge in [-0.2, -0.15) is 13.2 Å². The lowest BCUT2D eigenvalue weighted by atomic mass is 10.0. The normalized spacial score (nSPS) is 16.1. The van der Waals surface area contributed by atoms with Crippen molar-refractivity contribution >= 4 is 29.7 Å². The minimum atomic E-state index is -4.31. The Kier molecular flexibility index (Phi) is 9.03. The van der Waals surface area contributed by atoms with Crippen molar-refractivity contribution in [2.75, 3.05) is 26.2 Å². The number of amides is 2. The van der Waals surface area contributed by atoms with Crippen molar-refractivity contribution in [3.63, 3.8) is 0 Å². The summed E-state index contributed by atoms with van der Waals surface area (Å²) in [4.78, 5) is 26.0. The van der Waals surface area contributed by atoms with Crippen molar-refractivity contribution in [3.8, 4) is 0 Å². The molecule has 2 amide bonds. The van der Waals surface area contributed by atoms with Crippen LogP contribution in [0.4, 0.5) is 13.2 Å². The highest BCUT2D eigenvalue weighted by atomic mass is 32.2. The fourth-order valence-corrected chi connectivity index (χ4v) is 3.50. The average molecular weight is 430 g/mol. The van der Waals surface area contributed by atoms with Gasteiger partial charge >= 0.3 is 5.51 Å². The summed E-state index contributed by atoms with van der Waals surface area (Å²) in [7, 11) is 0. The number of piperidine rings is 1. The first kappa shape index (κ1) is 23.3. The Hall–Kier alpha value is -2.00. The van der Waals surface area contributed by atoms with Gasteiger partial charge in [0.1, 0.15) is 0 Å². The van der Waals surface area contributed by atoms with Crippen LogP contribution in [0.25, 0.3) is 6.08 Å². The number of benzene rings is 1. The number of nitrogens with zero attached hydrogens (tertiary/aromatic N) is 1. The maximum absolute atomic E-state index is 12.3. The number of likely N-dealkylation sites (tertiary alicyclic amines) is 1. The zero-order valence-corrected chi connectivity index (χ0v) is 17.1. The van der Waals surface area contributed by atoms with E-state index < -0.39 is 5.51 Å². The van der Waals surface area contributed by atoms with Crippen LogP contribution in [0.3, 0.4) is 0 Å². The van der Waals surface area contributed by atoms with Crippen LogP contribution in [0.1, 0.15) is 31.7 Å². The Morgan fingerprint density at radius 1 is 1.21 bits per heavy atom. The van der Waals surface area contributed by atoms with Crippen molar-refractivity contribution in [1.29, 1.82) is 0 Å². The Balaban J connectivity index is 1.72.